The van der Waals surface area contributed by atoms with Crippen LogP contribution in [0.25, 0.3) is 5.82 Å². The highest BCUT2D eigenvalue weighted by Crippen LogP contribution is 2.13. The fourth-order valence-electron chi connectivity index (χ4n) is 2.39. The SMILES string of the molecule is Cc1csc(CCCC(=O)NCc2cccnc2-n2ccnc2)n1. The number of pyridine rings is 1. The molecule has 6 nitrogen and oxygen atoms in total. The quantitative estimate of drug-likeness (QED) is 0.717. The molecule has 1 amide bonds. The second-order valence-corrected chi connectivity index (χ2v) is 6.41. The van der Waals surface area contributed by atoms with Crippen LogP contribution in [0.2, 0.25) is 0 Å². The van der Waals surface area contributed by atoms with E-state index in [-0.39, 0.29) is 5.91 Å². The van der Waals surface area contributed by atoms with Crippen molar-refractivity contribution in [2.24, 2.45) is 0 Å². The van der Waals surface area contributed by atoms with E-state index in [0.29, 0.717) is 13.0 Å². The molecule has 124 valence electrons. The predicted molar refractivity (Wildman–Crippen MR) is 93.0 cm³/mol. The summed E-state index contributed by atoms with van der Waals surface area (Å²) in [6, 6.07) is 3.83. The molecule has 0 aliphatic rings. The molecule has 3 heterocycles. The Balaban J connectivity index is 1.50. The van der Waals surface area contributed by atoms with E-state index in [0.717, 1.165) is 34.9 Å². The number of carbonyl (C=O) groups is 1. The van der Waals surface area contributed by atoms with Gasteiger partial charge in [-0.05, 0) is 25.8 Å². The summed E-state index contributed by atoms with van der Waals surface area (Å²) in [5.74, 6) is 0.831. The molecule has 1 N–H and O–H groups in total. The van der Waals surface area contributed by atoms with Crippen LogP contribution in [0.4, 0.5) is 0 Å². The van der Waals surface area contributed by atoms with E-state index >= 15 is 0 Å². The Labute approximate surface area is 144 Å². The molecular formula is C17H19N5OS. The number of nitrogens with one attached hydrogen (secondary N) is 1. The first-order valence-corrected chi connectivity index (χ1v) is 8.70. The van der Waals surface area contributed by atoms with Crippen LogP contribution in [0.1, 0.15) is 29.1 Å². The van der Waals surface area contributed by atoms with Gasteiger partial charge in [0.1, 0.15) is 12.1 Å². The van der Waals surface area contributed by atoms with Crippen LogP contribution in [0.3, 0.4) is 0 Å². The van der Waals surface area contributed by atoms with Crippen molar-refractivity contribution in [1.29, 1.82) is 0 Å². The van der Waals surface area contributed by atoms with Crippen LogP contribution in [0.15, 0.2) is 42.4 Å². The molecule has 0 aliphatic carbocycles. The highest BCUT2D eigenvalue weighted by molar-refractivity contribution is 7.09. The Morgan fingerprint density at radius 3 is 3.04 bits per heavy atom. The van der Waals surface area contributed by atoms with E-state index in [1.807, 2.05) is 35.2 Å². The number of hydrogen-bond acceptors (Lipinski definition) is 5. The average molecular weight is 341 g/mol. The molecule has 7 heteroatoms. The Bertz CT molecular complexity index is 797. The fourth-order valence-corrected chi connectivity index (χ4v) is 3.20. The zero-order valence-electron chi connectivity index (χ0n) is 13.5. The number of carbonyl (C=O) groups excluding carboxylic acids is 1. The van der Waals surface area contributed by atoms with Gasteiger partial charge in [0.2, 0.25) is 5.91 Å². The van der Waals surface area contributed by atoms with Gasteiger partial charge in [0.05, 0.1) is 5.01 Å². The standard InChI is InChI=1S/C17H19N5OS/c1-13-11-24-16(21-13)6-2-5-15(23)20-10-14-4-3-7-19-17(14)22-9-8-18-12-22/h3-4,7-9,11-12H,2,5-6,10H2,1H3,(H,20,23). The van der Waals surface area contributed by atoms with Crippen molar-refractivity contribution in [3.63, 3.8) is 0 Å². The van der Waals surface area contributed by atoms with E-state index in [1.165, 1.54) is 0 Å². The third-order valence-corrected chi connectivity index (χ3v) is 4.58. The first-order chi connectivity index (χ1) is 11.7. The molecule has 0 bridgehead atoms. The minimum Gasteiger partial charge on any atom is -0.352 e. The van der Waals surface area contributed by atoms with Crippen LogP contribution >= 0.6 is 11.3 Å². The molecule has 0 unspecified atom stereocenters. The Morgan fingerprint density at radius 1 is 1.38 bits per heavy atom. The molecule has 0 radical (unpaired) electrons. The molecule has 3 aromatic heterocycles. The van der Waals surface area contributed by atoms with Gasteiger partial charge in [0.15, 0.2) is 0 Å². The topological polar surface area (TPSA) is 72.7 Å². The predicted octanol–water partition coefficient (Wildman–Crippen LogP) is 2.67. The number of aromatic nitrogens is 4. The van der Waals surface area contributed by atoms with Crippen LogP contribution in [-0.4, -0.2) is 25.4 Å². The summed E-state index contributed by atoms with van der Waals surface area (Å²) in [4.78, 5) is 24.9. The largest absolute Gasteiger partial charge is 0.352 e. The normalized spacial score (nSPS) is 10.7. The minimum atomic E-state index is 0.0451. The number of nitrogens with zero attached hydrogens (tertiary/aromatic N) is 4. The number of thiazole rings is 1. The number of hydrogen-bond donors (Lipinski definition) is 1. The van der Waals surface area contributed by atoms with Crippen molar-refractivity contribution in [3.05, 3.63) is 58.7 Å². The lowest BCUT2D eigenvalue weighted by molar-refractivity contribution is -0.121. The van der Waals surface area contributed by atoms with Gasteiger partial charge in [-0.1, -0.05) is 6.07 Å². The second kappa shape index (κ2) is 7.83. The van der Waals surface area contributed by atoms with Crippen molar-refractivity contribution in [2.75, 3.05) is 0 Å². The number of rotatable bonds is 7. The summed E-state index contributed by atoms with van der Waals surface area (Å²) in [7, 11) is 0. The number of amides is 1. The van der Waals surface area contributed by atoms with Gasteiger partial charge in [0.25, 0.3) is 0 Å². The summed E-state index contributed by atoms with van der Waals surface area (Å²) < 4.78 is 1.84. The summed E-state index contributed by atoms with van der Waals surface area (Å²) in [6.45, 7) is 2.44. The number of imidazole rings is 1. The molecule has 24 heavy (non-hydrogen) atoms. The summed E-state index contributed by atoms with van der Waals surface area (Å²) in [5.41, 5.74) is 2.00. The van der Waals surface area contributed by atoms with Gasteiger partial charge in [0, 0.05) is 48.2 Å². The third kappa shape index (κ3) is 4.26. The summed E-state index contributed by atoms with van der Waals surface area (Å²) >= 11 is 1.65. The maximum atomic E-state index is 12.0. The zero-order chi connectivity index (χ0) is 16.8. The van der Waals surface area contributed by atoms with E-state index in [4.69, 9.17) is 0 Å². The Kier molecular flexibility index (Phi) is 5.32. The molecule has 0 atom stereocenters. The highest BCUT2D eigenvalue weighted by Gasteiger charge is 2.08. The first kappa shape index (κ1) is 16.3. The molecule has 0 aromatic carbocycles. The van der Waals surface area contributed by atoms with Gasteiger partial charge in [-0.2, -0.15) is 0 Å². The van der Waals surface area contributed by atoms with Gasteiger partial charge < -0.3 is 5.32 Å². The lowest BCUT2D eigenvalue weighted by Gasteiger charge is -2.10. The van der Waals surface area contributed by atoms with Crippen LogP contribution in [0.5, 0.6) is 0 Å². The monoisotopic (exact) mass is 341 g/mol. The van der Waals surface area contributed by atoms with Crippen molar-refractivity contribution in [3.8, 4) is 5.82 Å². The molecule has 0 fully saturated rings. The van der Waals surface area contributed by atoms with Crippen molar-refractivity contribution in [2.45, 2.75) is 32.7 Å². The third-order valence-electron chi connectivity index (χ3n) is 3.55. The van der Waals surface area contributed by atoms with Crippen LogP contribution in [-0.2, 0) is 17.8 Å². The minimum absolute atomic E-state index is 0.0451. The molecule has 0 aliphatic heterocycles. The van der Waals surface area contributed by atoms with Gasteiger partial charge in [-0.25, -0.2) is 15.0 Å². The second-order valence-electron chi connectivity index (χ2n) is 5.47. The molecule has 3 rings (SSSR count). The van der Waals surface area contributed by atoms with Gasteiger partial charge >= 0.3 is 0 Å². The van der Waals surface area contributed by atoms with Gasteiger partial charge in [-0.15, -0.1) is 11.3 Å². The molecule has 3 aromatic rings. The van der Waals surface area contributed by atoms with E-state index < -0.39 is 0 Å². The lowest BCUT2D eigenvalue weighted by atomic mass is 10.2. The summed E-state index contributed by atoms with van der Waals surface area (Å²) in [5, 5.41) is 6.09. The molecular weight excluding hydrogens is 322 g/mol. The number of aryl methyl sites for hydroxylation is 2. The lowest BCUT2D eigenvalue weighted by Crippen LogP contribution is -2.23. The maximum Gasteiger partial charge on any atom is 0.220 e. The van der Waals surface area contributed by atoms with Crippen LogP contribution in [0, 0.1) is 6.92 Å². The molecule has 0 saturated carbocycles. The smallest absolute Gasteiger partial charge is 0.220 e. The Hall–Kier alpha value is -2.54. The Morgan fingerprint density at radius 2 is 2.29 bits per heavy atom. The zero-order valence-corrected chi connectivity index (χ0v) is 14.3. The van der Waals surface area contributed by atoms with Crippen molar-refractivity contribution < 1.29 is 4.79 Å². The molecule has 0 saturated heterocycles. The highest BCUT2D eigenvalue weighted by atomic mass is 32.1. The van der Waals surface area contributed by atoms with Gasteiger partial charge in [-0.3, -0.25) is 9.36 Å². The van der Waals surface area contributed by atoms with Crippen LogP contribution < -0.4 is 5.32 Å². The first-order valence-electron chi connectivity index (χ1n) is 7.82. The summed E-state index contributed by atoms with van der Waals surface area (Å²) in [6.07, 6.45) is 9.12. The maximum absolute atomic E-state index is 12.0. The van der Waals surface area contributed by atoms with Crippen molar-refractivity contribution in [1.82, 2.24) is 24.8 Å². The average Bonchev–Trinajstić information content (AvgIpc) is 3.25. The molecule has 0 spiro atoms. The van der Waals surface area contributed by atoms with E-state index in [1.54, 1.807) is 30.1 Å². The fraction of sp³-hybridized carbons (Fsp3) is 0.294. The van der Waals surface area contributed by atoms with E-state index in [9.17, 15) is 4.79 Å². The van der Waals surface area contributed by atoms with Crippen molar-refractivity contribution >= 4 is 17.2 Å². The van der Waals surface area contributed by atoms with E-state index in [2.05, 4.69) is 20.3 Å².